The molecule has 0 fully saturated rings. The molecule has 1 amide bonds. The van der Waals surface area contributed by atoms with Crippen LogP contribution in [0.15, 0.2) is 108 Å². The number of rotatable bonds is 9. The minimum absolute atomic E-state index is 0.0304. The highest BCUT2D eigenvalue weighted by Gasteiger charge is 2.27. The lowest BCUT2D eigenvalue weighted by Gasteiger charge is -2.20. The van der Waals surface area contributed by atoms with Gasteiger partial charge in [-0.2, -0.15) is 4.72 Å². The van der Waals surface area contributed by atoms with Gasteiger partial charge in [-0.1, -0.05) is 72.3 Å². The number of ketones is 1. The van der Waals surface area contributed by atoms with Gasteiger partial charge in [0.15, 0.2) is 5.78 Å². The summed E-state index contributed by atoms with van der Waals surface area (Å²) in [5, 5.41) is 2.99. The molecule has 0 radical (unpaired) electrons. The Labute approximate surface area is 219 Å². The molecule has 4 rings (SSSR count). The summed E-state index contributed by atoms with van der Waals surface area (Å²) in [6, 6.07) is 24.9. The second kappa shape index (κ2) is 11.5. The molecule has 0 saturated carbocycles. The third kappa shape index (κ3) is 6.68. The molecule has 4 aromatic rings. The molecule has 0 aliphatic carbocycles. The highest BCUT2D eigenvalue weighted by molar-refractivity contribution is 7.89. The summed E-state index contributed by atoms with van der Waals surface area (Å²) in [7, 11) is -4.18. The van der Waals surface area contributed by atoms with Crippen molar-refractivity contribution in [1.29, 1.82) is 0 Å². The predicted octanol–water partition coefficient (Wildman–Crippen LogP) is 5.24. The van der Waals surface area contributed by atoms with E-state index in [-0.39, 0.29) is 28.4 Å². The van der Waals surface area contributed by atoms with Gasteiger partial charge >= 0.3 is 0 Å². The molecule has 9 heteroatoms. The summed E-state index contributed by atoms with van der Waals surface area (Å²) >= 11 is 6.14. The largest absolute Gasteiger partial charge is 0.324 e. The summed E-state index contributed by atoms with van der Waals surface area (Å²) in [5.74, 6) is -1.63. The fourth-order valence-electron chi connectivity index (χ4n) is 3.68. The maximum absolute atomic E-state index is 13.4. The van der Waals surface area contributed by atoms with E-state index in [0.717, 1.165) is 24.3 Å². The van der Waals surface area contributed by atoms with Crippen LogP contribution in [0, 0.1) is 5.82 Å². The summed E-state index contributed by atoms with van der Waals surface area (Å²) in [6.07, 6.45) is 0.0304. The molecule has 0 aliphatic heterocycles. The first-order valence-corrected chi connectivity index (χ1v) is 13.1. The molecule has 188 valence electrons. The zero-order chi connectivity index (χ0) is 26.4. The summed E-state index contributed by atoms with van der Waals surface area (Å²) in [5.41, 5.74) is 1.45. The zero-order valence-corrected chi connectivity index (χ0v) is 21.0. The van der Waals surface area contributed by atoms with Crippen LogP contribution in [0.25, 0.3) is 0 Å². The van der Waals surface area contributed by atoms with Crippen molar-refractivity contribution in [1.82, 2.24) is 4.72 Å². The molecule has 1 atom stereocenters. The smallest absolute Gasteiger partial charge is 0.242 e. The Morgan fingerprint density at radius 2 is 1.46 bits per heavy atom. The zero-order valence-electron chi connectivity index (χ0n) is 19.4. The standard InChI is InChI=1S/C28H22ClFN2O4S/c29-21-11-16-25(24(18-21)27(33)20-9-5-2-6-10-20)31-28(34)26(17-19-7-3-1-4-8-19)32-37(35,36)23-14-12-22(30)13-15-23/h1-16,18,26,32H,17H2,(H,31,34)/t26-/m1/s1. The van der Waals surface area contributed by atoms with Crippen LogP contribution in [0.1, 0.15) is 21.5 Å². The topological polar surface area (TPSA) is 92.3 Å². The van der Waals surface area contributed by atoms with Gasteiger partial charge in [0.1, 0.15) is 11.9 Å². The molecular formula is C28H22ClFN2O4S. The lowest BCUT2D eigenvalue weighted by atomic mass is 10.0. The molecule has 4 aromatic carbocycles. The average molecular weight is 537 g/mol. The highest BCUT2D eigenvalue weighted by Crippen LogP contribution is 2.24. The van der Waals surface area contributed by atoms with E-state index in [1.54, 1.807) is 60.7 Å². The molecule has 0 saturated heterocycles. The number of nitrogens with one attached hydrogen (secondary N) is 2. The van der Waals surface area contributed by atoms with Crippen LogP contribution in [0.4, 0.5) is 10.1 Å². The first-order chi connectivity index (χ1) is 17.7. The SMILES string of the molecule is O=C(c1ccccc1)c1cc(Cl)ccc1NC(=O)[C@@H](Cc1ccccc1)NS(=O)(=O)c1ccc(F)cc1. The van der Waals surface area contributed by atoms with E-state index in [1.807, 2.05) is 0 Å². The Balaban J connectivity index is 1.65. The average Bonchev–Trinajstić information content (AvgIpc) is 2.90. The van der Waals surface area contributed by atoms with E-state index in [4.69, 9.17) is 11.6 Å². The quantitative estimate of drug-likeness (QED) is 0.286. The van der Waals surface area contributed by atoms with Gasteiger partial charge in [0.25, 0.3) is 0 Å². The van der Waals surface area contributed by atoms with Gasteiger partial charge in [-0.05, 0) is 54.4 Å². The van der Waals surface area contributed by atoms with Gasteiger partial charge in [0, 0.05) is 16.1 Å². The Morgan fingerprint density at radius 3 is 2.11 bits per heavy atom. The van der Waals surface area contributed by atoms with Crippen molar-refractivity contribution in [3.63, 3.8) is 0 Å². The number of hydrogen-bond acceptors (Lipinski definition) is 4. The first-order valence-electron chi connectivity index (χ1n) is 11.2. The van der Waals surface area contributed by atoms with Gasteiger partial charge in [-0.3, -0.25) is 9.59 Å². The van der Waals surface area contributed by atoms with Crippen molar-refractivity contribution in [3.05, 3.63) is 131 Å². The van der Waals surface area contributed by atoms with Crippen LogP contribution >= 0.6 is 11.6 Å². The third-order valence-electron chi connectivity index (χ3n) is 5.54. The second-order valence-corrected chi connectivity index (χ2v) is 10.3. The van der Waals surface area contributed by atoms with Gasteiger partial charge in [0.2, 0.25) is 15.9 Å². The van der Waals surface area contributed by atoms with Crippen molar-refractivity contribution in [2.24, 2.45) is 0 Å². The van der Waals surface area contributed by atoms with Crippen molar-refractivity contribution < 1.29 is 22.4 Å². The van der Waals surface area contributed by atoms with E-state index in [0.29, 0.717) is 16.1 Å². The minimum atomic E-state index is -4.18. The second-order valence-electron chi connectivity index (χ2n) is 8.19. The molecule has 0 aromatic heterocycles. The Morgan fingerprint density at radius 1 is 0.838 bits per heavy atom. The first kappa shape index (κ1) is 26.2. The van der Waals surface area contributed by atoms with Crippen molar-refractivity contribution in [3.8, 4) is 0 Å². The number of hydrogen-bond donors (Lipinski definition) is 2. The molecule has 0 spiro atoms. The number of anilines is 1. The van der Waals surface area contributed by atoms with Crippen LogP contribution in [-0.4, -0.2) is 26.2 Å². The maximum Gasteiger partial charge on any atom is 0.242 e. The van der Waals surface area contributed by atoms with Gasteiger partial charge in [-0.15, -0.1) is 0 Å². The monoisotopic (exact) mass is 536 g/mol. The van der Waals surface area contributed by atoms with Crippen LogP contribution in [0.3, 0.4) is 0 Å². The Kier molecular flexibility index (Phi) is 8.13. The summed E-state index contributed by atoms with van der Waals surface area (Å²) < 4.78 is 41.8. The Hall–Kier alpha value is -3.85. The predicted molar refractivity (Wildman–Crippen MR) is 141 cm³/mol. The lowest BCUT2D eigenvalue weighted by Crippen LogP contribution is -2.45. The van der Waals surface area contributed by atoms with E-state index < -0.39 is 27.8 Å². The lowest BCUT2D eigenvalue weighted by molar-refractivity contribution is -0.117. The normalized spacial score (nSPS) is 12.1. The number of amides is 1. The maximum atomic E-state index is 13.4. The van der Waals surface area contributed by atoms with Crippen molar-refractivity contribution in [2.45, 2.75) is 17.4 Å². The van der Waals surface area contributed by atoms with Crippen LogP contribution < -0.4 is 10.0 Å². The number of halogens is 2. The van der Waals surface area contributed by atoms with Gasteiger partial charge in [-0.25, -0.2) is 12.8 Å². The van der Waals surface area contributed by atoms with Gasteiger partial charge < -0.3 is 5.32 Å². The molecular weight excluding hydrogens is 515 g/mol. The van der Waals surface area contributed by atoms with E-state index >= 15 is 0 Å². The number of carbonyl (C=O) groups excluding carboxylic acids is 2. The molecule has 0 aliphatic rings. The number of carbonyl (C=O) groups is 2. The van der Waals surface area contributed by atoms with E-state index in [2.05, 4.69) is 10.0 Å². The van der Waals surface area contributed by atoms with E-state index in [9.17, 15) is 22.4 Å². The molecule has 6 nitrogen and oxygen atoms in total. The highest BCUT2D eigenvalue weighted by atomic mass is 35.5. The molecule has 0 unspecified atom stereocenters. The summed E-state index contributed by atoms with van der Waals surface area (Å²) in [6.45, 7) is 0. The van der Waals surface area contributed by atoms with Crippen molar-refractivity contribution >= 4 is 39.0 Å². The molecule has 0 heterocycles. The number of sulfonamides is 1. The molecule has 0 bridgehead atoms. The molecule has 2 N–H and O–H groups in total. The Bertz CT molecular complexity index is 1510. The third-order valence-corrected chi connectivity index (χ3v) is 7.26. The molecule has 37 heavy (non-hydrogen) atoms. The summed E-state index contributed by atoms with van der Waals surface area (Å²) in [4.78, 5) is 26.4. The van der Waals surface area contributed by atoms with Crippen LogP contribution in [0.5, 0.6) is 0 Å². The van der Waals surface area contributed by atoms with E-state index in [1.165, 1.54) is 18.2 Å². The number of benzene rings is 4. The fraction of sp³-hybridized carbons (Fsp3) is 0.0714. The van der Waals surface area contributed by atoms with Gasteiger partial charge in [0.05, 0.1) is 10.6 Å². The fourth-order valence-corrected chi connectivity index (χ4v) is 5.05. The van der Waals surface area contributed by atoms with Crippen LogP contribution in [-0.2, 0) is 21.2 Å². The van der Waals surface area contributed by atoms with Crippen LogP contribution in [0.2, 0.25) is 5.02 Å². The van der Waals surface area contributed by atoms with Crippen molar-refractivity contribution in [2.75, 3.05) is 5.32 Å². The minimum Gasteiger partial charge on any atom is -0.324 e.